The SMILES string of the molecule is CCN(c1cc(Cl)cc(C(=O)NCc2c(-c3ccccn3)[nH]c(C)cc2=O)c1C)[C@H]1CC[C@H](N(C)C)CC1. The Morgan fingerprint density at radius 3 is 2.45 bits per heavy atom. The van der Waals surface area contributed by atoms with Gasteiger partial charge in [0.05, 0.1) is 11.4 Å². The molecule has 3 aromatic rings. The van der Waals surface area contributed by atoms with Gasteiger partial charge in [0.2, 0.25) is 0 Å². The second kappa shape index (κ2) is 12.1. The molecule has 0 atom stereocenters. The monoisotopic (exact) mass is 535 g/mol. The van der Waals surface area contributed by atoms with Crippen molar-refractivity contribution in [2.24, 2.45) is 0 Å². The van der Waals surface area contributed by atoms with Crippen LogP contribution in [-0.4, -0.2) is 53.5 Å². The highest BCUT2D eigenvalue weighted by atomic mass is 35.5. The molecule has 8 heteroatoms. The molecule has 1 saturated carbocycles. The van der Waals surface area contributed by atoms with E-state index in [4.69, 9.17) is 11.6 Å². The Bertz CT molecular complexity index is 1330. The van der Waals surface area contributed by atoms with E-state index < -0.39 is 0 Å². The second-order valence-corrected chi connectivity index (χ2v) is 10.8. The molecule has 0 unspecified atom stereocenters. The van der Waals surface area contributed by atoms with Crippen molar-refractivity contribution >= 4 is 23.2 Å². The van der Waals surface area contributed by atoms with E-state index in [9.17, 15) is 9.59 Å². The summed E-state index contributed by atoms with van der Waals surface area (Å²) in [5.74, 6) is -0.259. The number of hydrogen-bond acceptors (Lipinski definition) is 5. The first-order valence-corrected chi connectivity index (χ1v) is 13.7. The lowest BCUT2D eigenvalue weighted by molar-refractivity contribution is 0.0950. The van der Waals surface area contributed by atoms with Crippen LogP contribution in [0.3, 0.4) is 0 Å². The Labute approximate surface area is 230 Å². The maximum absolute atomic E-state index is 13.5. The molecular weight excluding hydrogens is 498 g/mol. The van der Waals surface area contributed by atoms with Gasteiger partial charge in [-0.15, -0.1) is 0 Å². The number of amides is 1. The number of hydrogen-bond donors (Lipinski definition) is 2. The summed E-state index contributed by atoms with van der Waals surface area (Å²) >= 11 is 6.56. The number of H-pyrrole nitrogens is 1. The summed E-state index contributed by atoms with van der Waals surface area (Å²) < 4.78 is 0. The van der Waals surface area contributed by atoms with Crippen LogP contribution in [0.1, 0.15) is 59.8 Å². The lowest BCUT2D eigenvalue weighted by Gasteiger charge is -2.40. The normalized spacial score (nSPS) is 17.4. The van der Waals surface area contributed by atoms with E-state index in [1.54, 1.807) is 18.3 Å². The van der Waals surface area contributed by atoms with Crippen molar-refractivity contribution < 1.29 is 4.79 Å². The first kappa shape index (κ1) is 27.9. The maximum atomic E-state index is 13.5. The number of pyridine rings is 2. The standard InChI is InChI=1S/C30H38ClN5O2/c1-6-36(23-12-10-22(11-13-23)35(4)5)27-17-21(31)16-24(20(27)3)30(38)33-18-25-28(37)15-19(2)34-29(25)26-9-7-8-14-32-26/h7-9,14-17,22-23H,6,10-13,18H2,1-5H3,(H,33,38)(H,34,37)/t22-,23-. The summed E-state index contributed by atoms with van der Waals surface area (Å²) in [5, 5.41) is 3.49. The summed E-state index contributed by atoms with van der Waals surface area (Å²) in [6.45, 7) is 6.88. The van der Waals surface area contributed by atoms with Gasteiger partial charge in [0.15, 0.2) is 5.43 Å². The van der Waals surface area contributed by atoms with E-state index in [1.807, 2.05) is 38.1 Å². The van der Waals surface area contributed by atoms with E-state index in [2.05, 4.69) is 46.1 Å². The van der Waals surface area contributed by atoms with Crippen molar-refractivity contribution in [3.63, 3.8) is 0 Å². The molecule has 1 aromatic carbocycles. The van der Waals surface area contributed by atoms with Crippen molar-refractivity contribution in [2.45, 2.75) is 65.1 Å². The molecule has 1 aliphatic rings. The van der Waals surface area contributed by atoms with Crippen LogP contribution in [0.4, 0.5) is 5.69 Å². The van der Waals surface area contributed by atoms with Gasteiger partial charge in [-0.2, -0.15) is 0 Å². The molecule has 0 spiro atoms. The number of nitrogens with zero attached hydrogens (tertiary/aromatic N) is 3. The van der Waals surface area contributed by atoms with Crippen LogP contribution in [0.5, 0.6) is 0 Å². The van der Waals surface area contributed by atoms with Gasteiger partial charge in [-0.3, -0.25) is 14.6 Å². The Morgan fingerprint density at radius 2 is 1.82 bits per heavy atom. The lowest BCUT2D eigenvalue weighted by atomic mass is 9.89. The maximum Gasteiger partial charge on any atom is 0.251 e. The van der Waals surface area contributed by atoms with E-state index in [-0.39, 0.29) is 17.9 Å². The molecule has 7 nitrogen and oxygen atoms in total. The zero-order valence-corrected chi connectivity index (χ0v) is 23.7. The highest BCUT2D eigenvalue weighted by Gasteiger charge is 2.28. The highest BCUT2D eigenvalue weighted by molar-refractivity contribution is 6.31. The molecule has 38 heavy (non-hydrogen) atoms. The smallest absolute Gasteiger partial charge is 0.251 e. The molecule has 0 bridgehead atoms. The summed E-state index contributed by atoms with van der Waals surface area (Å²) in [4.78, 5) is 38.7. The third kappa shape index (κ3) is 6.11. The van der Waals surface area contributed by atoms with E-state index in [0.717, 1.165) is 49.2 Å². The zero-order valence-electron chi connectivity index (χ0n) is 23.0. The van der Waals surface area contributed by atoms with Crippen LogP contribution in [0.2, 0.25) is 5.02 Å². The van der Waals surface area contributed by atoms with Gasteiger partial charge in [-0.1, -0.05) is 17.7 Å². The molecule has 0 saturated heterocycles. The number of aryl methyl sites for hydroxylation is 1. The number of rotatable bonds is 8. The number of aromatic nitrogens is 2. The zero-order chi connectivity index (χ0) is 27.4. The summed E-state index contributed by atoms with van der Waals surface area (Å²) in [6, 6.07) is 11.8. The molecule has 4 rings (SSSR count). The quantitative estimate of drug-likeness (QED) is 0.407. The second-order valence-electron chi connectivity index (χ2n) is 10.4. The van der Waals surface area contributed by atoms with Crippen LogP contribution in [0.25, 0.3) is 11.4 Å². The third-order valence-electron chi connectivity index (χ3n) is 7.69. The van der Waals surface area contributed by atoms with Crippen molar-refractivity contribution in [1.29, 1.82) is 0 Å². The molecule has 1 amide bonds. The Kier molecular flexibility index (Phi) is 8.90. The van der Waals surface area contributed by atoms with Gasteiger partial charge < -0.3 is 20.1 Å². The molecule has 0 aliphatic heterocycles. The number of carbonyl (C=O) groups is 1. The number of benzene rings is 1. The minimum Gasteiger partial charge on any atom is -0.369 e. The minimum atomic E-state index is -0.259. The van der Waals surface area contributed by atoms with E-state index in [0.29, 0.717) is 39.6 Å². The predicted octanol–water partition coefficient (Wildman–Crippen LogP) is 5.34. The van der Waals surface area contributed by atoms with E-state index >= 15 is 0 Å². The average molecular weight is 536 g/mol. The van der Waals surface area contributed by atoms with Crippen molar-refractivity contribution in [2.75, 3.05) is 25.5 Å². The number of anilines is 1. The van der Waals surface area contributed by atoms with Gasteiger partial charge in [-0.25, -0.2) is 0 Å². The molecule has 202 valence electrons. The molecule has 1 fully saturated rings. The number of nitrogens with one attached hydrogen (secondary N) is 2. The van der Waals surface area contributed by atoms with Gasteiger partial charge in [0.25, 0.3) is 5.91 Å². The van der Waals surface area contributed by atoms with Crippen molar-refractivity contribution in [3.8, 4) is 11.4 Å². The van der Waals surface area contributed by atoms with E-state index in [1.165, 1.54) is 0 Å². The van der Waals surface area contributed by atoms with Crippen LogP contribution in [-0.2, 0) is 6.54 Å². The Balaban J connectivity index is 1.58. The fourth-order valence-corrected chi connectivity index (χ4v) is 5.81. The lowest BCUT2D eigenvalue weighted by Crippen LogP contribution is -2.42. The largest absolute Gasteiger partial charge is 0.369 e. The molecule has 2 aromatic heterocycles. The minimum absolute atomic E-state index is 0.0771. The Hall–Kier alpha value is -3.16. The van der Waals surface area contributed by atoms with Crippen LogP contribution in [0, 0.1) is 13.8 Å². The number of halogens is 1. The van der Waals surface area contributed by atoms with Gasteiger partial charge in [0.1, 0.15) is 0 Å². The predicted molar refractivity (Wildman–Crippen MR) is 155 cm³/mol. The third-order valence-corrected chi connectivity index (χ3v) is 7.91. The first-order chi connectivity index (χ1) is 18.2. The summed E-state index contributed by atoms with van der Waals surface area (Å²) in [5.41, 5.74) is 4.75. The molecule has 2 N–H and O–H groups in total. The first-order valence-electron chi connectivity index (χ1n) is 13.3. The van der Waals surface area contributed by atoms with Crippen LogP contribution in [0.15, 0.2) is 47.4 Å². The fourth-order valence-electron chi connectivity index (χ4n) is 5.59. The van der Waals surface area contributed by atoms with Crippen molar-refractivity contribution in [3.05, 3.63) is 80.2 Å². The fraction of sp³-hybridized carbons (Fsp3) is 0.433. The molecule has 2 heterocycles. The Morgan fingerprint density at radius 1 is 1.11 bits per heavy atom. The van der Waals surface area contributed by atoms with Gasteiger partial charge >= 0.3 is 0 Å². The summed E-state index contributed by atoms with van der Waals surface area (Å²) in [6.07, 6.45) is 6.21. The number of aromatic amines is 1. The molecular formula is C30H38ClN5O2. The molecule has 0 radical (unpaired) electrons. The average Bonchev–Trinajstić information content (AvgIpc) is 2.90. The topological polar surface area (TPSA) is 81.3 Å². The van der Waals surface area contributed by atoms with Crippen molar-refractivity contribution in [1.82, 2.24) is 20.2 Å². The molecule has 1 aliphatic carbocycles. The number of carbonyl (C=O) groups excluding carboxylic acids is 1. The van der Waals surface area contributed by atoms with Gasteiger partial charge in [-0.05, 0) is 90.4 Å². The summed E-state index contributed by atoms with van der Waals surface area (Å²) in [7, 11) is 4.30. The highest BCUT2D eigenvalue weighted by Crippen LogP contribution is 2.34. The van der Waals surface area contributed by atoms with Crippen LogP contribution < -0.4 is 15.6 Å². The van der Waals surface area contributed by atoms with Gasteiger partial charge in [0, 0.05) is 65.0 Å². The van der Waals surface area contributed by atoms with Crippen LogP contribution >= 0.6 is 11.6 Å².